The van der Waals surface area contributed by atoms with Crippen molar-refractivity contribution in [2.24, 2.45) is 0 Å². The van der Waals surface area contributed by atoms with Gasteiger partial charge in [-0.3, -0.25) is 4.79 Å². The van der Waals surface area contributed by atoms with E-state index < -0.39 is 78.8 Å². The lowest BCUT2D eigenvalue weighted by molar-refractivity contribution is -0.307. The Bertz CT molecular complexity index is 1520. The van der Waals surface area contributed by atoms with Crippen molar-refractivity contribution in [2.75, 3.05) is 20.3 Å². The first kappa shape index (κ1) is 30.9. The highest BCUT2D eigenvalue weighted by Crippen LogP contribution is 2.37. The third kappa shape index (κ3) is 5.86. The Hall–Kier alpha value is -3.51. The van der Waals surface area contributed by atoms with E-state index in [1.54, 1.807) is 25.1 Å². The normalized spacial score (nSPS) is 31.2. The maximum Gasteiger partial charge on any atom is 0.238 e. The van der Waals surface area contributed by atoms with E-state index in [9.17, 15) is 45.6 Å². The van der Waals surface area contributed by atoms with Gasteiger partial charge in [0.05, 0.1) is 20.3 Å². The van der Waals surface area contributed by atoms with Crippen molar-refractivity contribution in [1.29, 1.82) is 0 Å². The summed E-state index contributed by atoms with van der Waals surface area (Å²) in [6.07, 6.45) is -14.1. The van der Waals surface area contributed by atoms with Gasteiger partial charge in [-0.15, -0.1) is 0 Å². The van der Waals surface area contributed by atoms with Crippen LogP contribution in [0.4, 0.5) is 0 Å². The van der Waals surface area contributed by atoms with Crippen LogP contribution in [0.25, 0.3) is 22.3 Å². The summed E-state index contributed by atoms with van der Waals surface area (Å²) in [5, 5.41) is 81.7. The summed E-state index contributed by atoms with van der Waals surface area (Å²) >= 11 is 0. The van der Waals surface area contributed by atoms with Crippen molar-refractivity contribution < 1.29 is 69.0 Å². The summed E-state index contributed by atoms with van der Waals surface area (Å²) < 4.78 is 32.8. The van der Waals surface area contributed by atoms with E-state index in [0.29, 0.717) is 16.9 Å². The summed E-state index contributed by atoms with van der Waals surface area (Å²) in [4.78, 5) is 13.0. The molecule has 2 aliphatic heterocycles. The Morgan fingerprint density at radius 3 is 2.33 bits per heavy atom. The molecule has 15 nitrogen and oxygen atoms in total. The van der Waals surface area contributed by atoms with Crippen molar-refractivity contribution in [3.8, 4) is 34.3 Å². The van der Waals surface area contributed by atoms with Crippen LogP contribution >= 0.6 is 0 Å². The Kier molecular flexibility index (Phi) is 8.80. The average molecular weight is 609 g/mol. The smallest absolute Gasteiger partial charge is 0.238 e. The molecule has 2 aromatic carbocycles. The number of hydrogen-bond donors (Lipinski definition) is 8. The number of phenols is 1. The summed E-state index contributed by atoms with van der Waals surface area (Å²) in [6.45, 7) is 0.924. The molecule has 43 heavy (non-hydrogen) atoms. The van der Waals surface area contributed by atoms with Crippen molar-refractivity contribution in [3.05, 3.63) is 46.1 Å². The van der Waals surface area contributed by atoms with Gasteiger partial charge in [0.1, 0.15) is 70.9 Å². The highest BCUT2D eigenvalue weighted by atomic mass is 16.7. The van der Waals surface area contributed by atoms with Crippen LogP contribution in [0.5, 0.6) is 23.0 Å². The summed E-state index contributed by atoms with van der Waals surface area (Å²) in [5.41, 5.74) is -0.0525. The fraction of sp³-hybridized carbons (Fsp3) is 0.464. The van der Waals surface area contributed by atoms with E-state index >= 15 is 0 Å². The van der Waals surface area contributed by atoms with Gasteiger partial charge in [-0.2, -0.15) is 0 Å². The molecule has 9 atom stereocenters. The third-order valence-electron chi connectivity index (χ3n) is 7.38. The first-order valence-electron chi connectivity index (χ1n) is 13.2. The minimum Gasteiger partial charge on any atom is -0.507 e. The second-order valence-corrected chi connectivity index (χ2v) is 10.3. The van der Waals surface area contributed by atoms with Gasteiger partial charge in [-0.1, -0.05) is 0 Å². The van der Waals surface area contributed by atoms with E-state index in [1.807, 2.05) is 0 Å². The molecule has 2 aliphatic rings. The zero-order chi connectivity index (χ0) is 31.2. The molecule has 3 aromatic rings. The molecule has 0 bridgehead atoms. The molecule has 0 spiro atoms. The minimum absolute atomic E-state index is 0.175. The van der Waals surface area contributed by atoms with E-state index in [4.69, 9.17) is 28.1 Å². The van der Waals surface area contributed by atoms with Gasteiger partial charge in [0, 0.05) is 17.7 Å². The topological polar surface area (TPSA) is 238 Å². The summed E-state index contributed by atoms with van der Waals surface area (Å²) in [7, 11) is 1.49. The van der Waals surface area contributed by atoms with Crippen molar-refractivity contribution in [3.63, 3.8) is 0 Å². The summed E-state index contributed by atoms with van der Waals surface area (Å²) in [5.74, 6) is -1.15. The molecular formula is C28H32O15. The molecule has 1 aromatic heterocycles. The molecule has 8 N–H and O–H groups in total. The first-order valence-corrected chi connectivity index (χ1v) is 13.2. The number of aliphatic hydroxyl groups excluding tert-OH is 6. The second kappa shape index (κ2) is 12.2. The van der Waals surface area contributed by atoms with E-state index in [0.717, 1.165) is 6.07 Å². The van der Waals surface area contributed by atoms with Gasteiger partial charge in [0.15, 0.2) is 12.1 Å². The van der Waals surface area contributed by atoms with Crippen LogP contribution in [0.15, 0.2) is 39.5 Å². The number of fused-ring (bicyclic) bond motifs is 1. The van der Waals surface area contributed by atoms with Crippen LogP contribution in [0.2, 0.25) is 0 Å². The van der Waals surface area contributed by atoms with Gasteiger partial charge >= 0.3 is 0 Å². The zero-order valence-corrected chi connectivity index (χ0v) is 22.9. The number of rotatable bonds is 7. The first-order chi connectivity index (χ1) is 20.4. The number of aryl methyl sites for hydroxylation is 1. The van der Waals surface area contributed by atoms with E-state index in [2.05, 4.69) is 0 Å². The number of phenolic OH excluding ortho intramolecular Hbond substituents is 1. The molecule has 2 fully saturated rings. The molecule has 234 valence electrons. The average Bonchev–Trinajstić information content (AvgIpc) is 2.98. The SMILES string of the molecule is COc1ccc(-c2oc3cc(OC4OC(COC5OCC(O)C(O)C5O)C(O)C(O)C4O)cc(O)c3c(=O)c2O)cc1C. The Morgan fingerprint density at radius 2 is 1.63 bits per heavy atom. The van der Waals surface area contributed by atoms with Crippen LogP contribution in [0.3, 0.4) is 0 Å². The molecule has 2 saturated heterocycles. The predicted molar refractivity (Wildman–Crippen MR) is 144 cm³/mol. The van der Waals surface area contributed by atoms with E-state index in [1.165, 1.54) is 13.2 Å². The van der Waals surface area contributed by atoms with Gasteiger partial charge < -0.3 is 69.0 Å². The number of methoxy groups -OCH3 is 1. The van der Waals surface area contributed by atoms with Crippen LogP contribution < -0.4 is 14.9 Å². The molecule has 3 heterocycles. The van der Waals surface area contributed by atoms with Crippen LogP contribution in [-0.4, -0.2) is 116 Å². The minimum atomic E-state index is -1.79. The highest BCUT2D eigenvalue weighted by Gasteiger charge is 2.46. The van der Waals surface area contributed by atoms with Crippen molar-refractivity contribution >= 4 is 11.0 Å². The lowest BCUT2D eigenvalue weighted by Gasteiger charge is -2.41. The molecule has 0 radical (unpaired) electrons. The van der Waals surface area contributed by atoms with Crippen LogP contribution in [0.1, 0.15) is 5.56 Å². The second-order valence-electron chi connectivity index (χ2n) is 10.3. The lowest BCUT2D eigenvalue weighted by atomic mass is 9.99. The molecule has 9 unspecified atom stereocenters. The zero-order valence-electron chi connectivity index (χ0n) is 22.9. The maximum atomic E-state index is 13.0. The number of hydrogen-bond acceptors (Lipinski definition) is 15. The molecular weight excluding hydrogens is 576 g/mol. The monoisotopic (exact) mass is 608 g/mol. The molecule has 0 amide bonds. The third-order valence-corrected chi connectivity index (χ3v) is 7.38. The maximum absolute atomic E-state index is 13.0. The number of ether oxygens (including phenoxy) is 5. The standard InChI is InChI=1S/C28H32O15/c1-10-5-11(3-4-15(10)38-2)26-23(35)21(33)18-13(29)6-12(7-16(18)42-26)41-28-25(37)22(34)20(32)17(43-28)9-40-27-24(36)19(31)14(30)8-39-27/h3-7,14,17,19-20,22,24-25,27-32,34-37H,8-9H2,1-2H3. The number of aromatic hydroxyl groups is 2. The Labute approximate surface area is 243 Å². The molecule has 0 saturated carbocycles. The van der Waals surface area contributed by atoms with Gasteiger partial charge in [-0.05, 0) is 30.7 Å². The predicted octanol–water partition coefficient (Wildman–Crippen LogP) is -1.17. The largest absolute Gasteiger partial charge is 0.507 e. The van der Waals surface area contributed by atoms with Crippen LogP contribution in [-0.2, 0) is 14.2 Å². The Morgan fingerprint density at radius 1 is 0.907 bits per heavy atom. The molecule has 0 aliphatic carbocycles. The lowest BCUT2D eigenvalue weighted by Crippen LogP contribution is -2.61. The molecule has 5 rings (SSSR count). The summed E-state index contributed by atoms with van der Waals surface area (Å²) in [6, 6.07) is 7.03. The number of benzene rings is 2. The van der Waals surface area contributed by atoms with Gasteiger partial charge in [0.25, 0.3) is 0 Å². The quantitative estimate of drug-likeness (QED) is 0.158. The highest BCUT2D eigenvalue weighted by molar-refractivity contribution is 5.88. The van der Waals surface area contributed by atoms with Gasteiger partial charge in [0.2, 0.25) is 17.5 Å². The fourth-order valence-electron chi connectivity index (χ4n) is 4.95. The van der Waals surface area contributed by atoms with E-state index in [-0.39, 0.29) is 29.1 Å². The number of aliphatic hydroxyl groups is 6. The van der Waals surface area contributed by atoms with Gasteiger partial charge in [-0.25, -0.2) is 0 Å². The Balaban J connectivity index is 1.39. The van der Waals surface area contributed by atoms with Crippen molar-refractivity contribution in [1.82, 2.24) is 0 Å². The van der Waals surface area contributed by atoms with Crippen LogP contribution in [0, 0.1) is 6.92 Å². The fourth-order valence-corrected chi connectivity index (χ4v) is 4.95. The van der Waals surface area contributed by atoms with Crippen molar-refractivity contribution in [2.45, 2.75) is 62.2 Å². The molecule has 15 heteroatoms.